The molecule has 3 N–H and O–H groups in total. The van der Waals surface area contributed by atoms with E-state index < -0.39 is 17.2 Å². The van der Waals surface area contributed by atoms with Crippen LogP contribution in [0.2, 0.25) is 0 Å². The summed E-state index contributed by atoms with van der Waals surface area (Å²) in [7, 11) is 0. The third-order valence-electron chi connectivity index (χ3n) is 8.16. The molecule has 1 saturated carbocycles. The second kappa shape index (κ2) is 8.99. The Balaban J connectivity index is 1.12. The Morgan fingerprint density at radius 2 is 1.97 bits per heavy atom. The zero-order valence-corrected chi connectivity index (χ0v) is 20.6. The van der Waals surface area contributed by atoms with E-state index in [-0.39, 0.29) is 35.9 Å². The number of halogens is 3. The number of nitrogens with two attached hydrogens (primary N) is 1. The molecule has 3 aliphatic rings. The Morgan fingerprint density at radius 1 is 1.21 bits per heavy atom. The van der Waals surface area contributed by atoms with Gasteiger partial charge in [-0.05, 0) is 74.7 Å². The number of aromatic nitrogens is 2. The number of carbonyl (C=O) groups excluding carboxylic acids is 1. The molecular weight excluding hydrogens is 497 g/mol. The number of hydrogen-bond donors (Lipinski definition) is 2. The van der Waals surface area contributed by atoms with Gasteiger partial charge < -0.3 is 15.8 Å². The van der Waals surface area contributed by atoms with Crippen molar-refractivity contribution in [1.82, 2.24) is 14.7 Å². The number of benzene rings is 2. The maximum Gasteiger partial charge on any atom is 0.418 e. The van der Waals surface area contributed by atoms with Crippen molar-refractivity contribution in [3.05, 3.63) is 53.2 Å². The number of rotatable bonds is 5. The molecule has 1 aliphatic carbocycles. The highest BCUT2D eigenvalue weighted by Crippen LogP contribution is 2.45. The number of likely N-dealkylation sites (tertiary alicyclic amines) is 1. The molecule has 0 atom stereocenters. The van der Waals surface area contributed by atoms with Gasteiger partial charge in [0.15, 0.2) is 0 Å². The van der Waals surface area contributed by atoms with E-state index >= 15 is 0 Å². The minimum Gasteiger partial charge on any atom is -0.492 e. The predicted molar refractivity (Wildman–Crippen MR) is 134 cm³/mol. The molecule has 2 aromatic carbocycles. The monoisotopic (exact) mass is 524 g/mol. The molecule has 3 heterocycles. The van der Waals surface area contributed by atoms with Crippen molar-refractivity contribution in [2.24, 2.45) is 5.73 Å². The quantitative estimate of drug-likeness (QED) is 0.523. The molecule has 198 valence electrons. The highest BCUT2D eigenvalue weighted by Gasteiger charge is 2.48. The van der Waals surface area contributed by atoms with E-state index in [1.807, 2.05) is 0 Å². The molecule has 11 heteroatoms. The first-order chi connectivity index (χ1) is 18.2. The lowest BCUT2D eigenvalue weighted by atomic mass is 9.73. The van der Waals surface area contributed by atoms with Crippen molar-refractivity contribution < 1.29 is 22.7 Å². The van der Waals surface area contributed by atoms with Gasteiger partial charge in [0, 0.05) is 29.9 Å². The zero-order valence-electron chi connectivity index (χ0n) is 20.6. The second-order valence-electron chi connectivity index (χ2n) is 10.5. The third kappa shape index (κ3) is 4.18. The highest BCUT2D eigenvalue weighted by atomic mass is 19.4. The van der Waals surface area contributed by atoms with E-state index in [0.29, 0.717) is 56.3 Å². The van der Waals surface area contributed by atoms with Gasteiger partial charge in [0.25, 0.3) is 0 Å². The number of piperidine rings is 1. The molecular formula is C27H27F3N6O2. The fraction of sp³-hybridized carbons (Fsp3) is 0.444. The molecule has 0 radical (unpaired) electrons. The number of nitriles is 1. The van der Waals surface area contributed by atoms with Gasteiger partial charge in [-0.2, -0.15) is 23.5 Å². The van der Waals surface area contributed by atoms with Gasteiger partial charge in [0.05, 0.1) is 28.7 Å². The van der Waals surface area contributed by atoms with Crippen LogP contribution in [0.1, 0.15) is 48.4 Å². The predicted octanol–water partition coefficient (Wildman–Crippen LogP) is 3.95. The number of alkyl halides is 3. The van der Waals surface area contributed by atoms with Crippen molar-refractivity contribution in [2.75, 3.05) is 31.6 Å². The maximum absolute atomic E-state index is 13.8. The number of carbonyl (C=O) groups is 1. The van der Waals surface area contributed by atoms with Gasteiger partial charge in [0.1, 0.15) is 17.9 Å². The van der Waals surface area contributed by atoms with E-state index in [0.717, 1.165) is 17.3 Å². The van der Waals surface area contributed by atoms with Crippen molar-refractivity contribution in [1.29, 1.82) is 5.26 Å². The van der Waals surface area contributed by atoms with Gasteiger partial charge >= 0.3 is 6.18 Å². The molecule has 0 bridgehead atoms. The molecule has 2 fully saturated rings. The minimum atomic E-state index is -4.56. The van der Waals surface area contributed by atoms with Crippen LogP contribution in [0.15, 0.2) is 36.5 Å². The van der Waals surface area contributed by atoms with E-state index in [1.54, 1.807) is 35.1 Å². The largest absolute Gasteiger partial charge is 0.492 e. The summed E-state index contributed by atoms with van der Waals surface area (Å²) in [6.07, 6.45) is -0.341. The average Bonchev–Trinajstić information content (AvgIpc) is 3.40. The number of nitrogens with zero attached hydrogens (tertiary/aromatic N) is 4. The number of hydrogen-bond acceptors (Lipinski definition) is 6. The molecule has 1 aromatic heterocycles. The molecule has 1 spiro atoms. The number of nitrogens with one attached hydrogen (secondary N) is 1. The van der Waals surface area contributed by atoms with E-state index in [1.165, 1.54) is 0 Å². The number of fused-ring (bicyclic) bond motifs is 3. The van der Waals surface area contributed by atoms with E-state index in [4.69, 9.17) is 10.5 Å². The lowest BCUT2D eigenvalue weighted by molar-refractivity contribution is -0.136. The smallest absolute Gasteiger partial charge is 0.418 e. The van der Waals surface area contributed by atoms with Crippen molar-refractivity contribution in [3.63, 3.8) is 0 Å². The van der Waals surface area contributed by atoms with Crippen molar-refractivity contribution >= 4 is 22.5 Å². The normalized spacial score (nSPS) is 22.7. The van der Waals surface area contributed by atoms with Crippen LogP contribution in [-0.2, 0) is 16.4 Å². The summed E-state index contributed by atoms with van der Waals surface area (Å²) in [5, 5.41) is 16.8. The van der Waals surface area contributed by atoms with Crippen LogP contribution < -0.4 is 15.8 Å². The molecule has 1 amide bonds. The van der Waals surface area contributed by atoms with Gasteiger partial charge in [-0.3, -0.25) is 14.4 Å². The number of ether oxygens (including phenoxy) is 1. The molecule has 3 aromatic rings. The Labute approximate surface area is 217 Å². The Kier molecular flexibility index (Phi) is 5.85. The Morgan fingerprint density at radius 3 is 2.66 bits per heavy atom. The van der Waals surface area contributed by atoms with Crippen LogP contribution in [0, 0.1) is 11.3 Å². The van der Waals surface area contributed by atoms with Gasteiger partial charge in [-0.15, -0.1) is 0 Å². The molecule has 2 aliphatic heterocycles. The van der Waals surface area contributed by atoms with Crippen LogP contribution >= 0.6 is 0 Å². The molecule has 0 unspecified atom stereocenters. The van der Waals surface area contributed by atoms with Crippen molar-refractivity contribution in [3.8, 4) is 11.8 Å². The standard InChI is InChI=1S/C27H27F3N6O2/c28-27(29,30)22-13-20(10-17-15-36(34-24(17)22)19-11-18(32)12-19)38-8-7-35-5-3-26(4-6-35)21-9-16(14-31)1-2-23(21)33-25(26)37/h1-2,9-10,13,15,18-19H,3-8,11-12,32H2,(H,33,37). The topological polar surface area (TPSA) is 109 Å². The van der Waals surface area contributed by atoms with Crippen molar-refractivity contribution in [2.45, 2.75) is 49.4 Å². The first-order valence-corrected chi connectivity index (χ1v) is 12.7. The van der Waals surface area contributed by atoms with Crippen LogP contribution in [0.25, 0.3) is 10.9 Å². The highest BCUT2D eigenvalue weighted by molar-refractivity contribution is 6.06. The fourth-order valence-corrected chi connectivity index (χ4v) is 5.89. The fourth-order valence-electron chi connectivity index (χ4n) is 5.89. The number of amides is 1. The summed E-state index contributed by atoms with van der Waals surface area (Å²) >= 11 is 0. The van der Waals surface area contributed by atoms with Gasteiger partial charge in [0.2, 0.25) is 5.91 Å². The zero-order chi connectivity index (χ0) is 26.7. The SMILES string of the molecule is N#Cc1ccc2c(c1)C1(CCN(CCOc3cc(C(F)(F)F)c4nn(C5CC(N)C5)cc4c3)CC1)C(=O)N2. The third-order valence-corrected chi connectivity index (χ3v) is 8.16. The first-order valence-electron chi connectivity index (χ1n) is 12.7. The van der Waals surface area contributed by atoms with Crippen LogP contribution in [0.5, 0.6) is 5.75 Å². The molecule has 8 nitrogen and oxygen atoms in total. The summed E-state index contributed by atoms with van der Waals surface area (Å²) in [4.78, 5) is 15.0. The van der Waals surface area contributed by atoms with Crippen LogP contribution in [0.4, 0.5) is 18.9 Å². The Hall–Kier alpha value is -3.62. The molecule has 38 heavy (non-hydrogen) atoms. The van der Waals surface area contributed by atoms with Gasteiger partial charge in [-0.1, -0.05) is 0 Å². The minimum absolute atomic E-state index is 0.0191. The average molecular weight is 525 g/mol. The number of anilines is 1. The lowest BCUT2D eigenvalue weighted by Crippen LogP contribution is -2.47. The lowest BCUT2D eigenvalue weighted by Gasteiger charge is -2.38. The van der Waals surface area contributed by atoms with Crippen LogP contribution in [0.3, 0.4) is 0 Å². The second-order valence-corrected chi connectivity index (χ2v) is 10.5. The van der Waals surface area contributed by atoms with Crippen LogP contribution in [-0.4, -0.2) is 52.9 Å². The Bertz CT molecular complexity index is 1450. The van der Waals surface area contributed by atoms with E-state index in [9.17, 15) is 23.2 Å². The first kappa shape index (κ1) is 24.7. The molecule has 6 rings (SSSR count). The summed E-state index contributed by atoms with van der Waals surface area (Å²) < 4.78 is 48.9. The summed E-state index contributed by atoms with van der Waals surface area (Å²) in [5.74, 6) is 0.104. The van der Waals surface area contributed by atoms with Gasteiger partial charge in [-0.25, -0.2) is 0 Å². The summed E-state index contributed by atoms with van der Waals surface area (Å²) in [5.41, 5.74) is 6.43. The molecule has 1 saturated heterocycles. The van der Waals surface area contributed by atoms with E-state index in [2.05, 4.69) is 21.4 Å². The maximum atomic E-state index is 13.8. The summed E-state index contributed by atoms with van der Waals surface area (Å²) in [6.45, 7) is 2.00. The summed E-state index contributed by atoms with van der Waals surface area (Å²) in [6, 6.07) is 10.1.